The Labute approximate surface area is 117 Å². The van der Waals surface area contributed by atoms with E-state index in [0.29, 0.717) is 11.1 Å². The molecule has 0 aliphatic carbocycles. The molecule has 0 aliphatic rings. The van der Waals surface area contributed by atoms with E-state index in [0.717, 1.165) is 6.07 Å². The van der Waals surface area contributed by atoms with Crippen LogP contribution < -0.4 is 0 Å². The van der Waals surface area contributed by atoms with Crippen LogP contribution in [-0.4, -0.2) is 20.6 Å². The highest BCUT2D eigenvalue weighted by molar-refractivity contribution is 5.82. The summed E-state index contributed by atoms with van der Waals surface area (Å²) < 4.78 is 39.5. The van der Waals surface area contributed by atoms with Crippen LogP contribution in [0.25, 0.3) is 22.5 Å². The molecule has 0 bridgehead atoms. The summed E-state index contributed by atoms with van der Waals surface area (Å²) in [6.07, 6.45) is -4.43. The molecule has 0 amide bonds. The molecule has 0 fully saturated rings. The van der Waals surface area contributed by atoms with E-state index in [4.69, 9.17) is 0 Å². The van der Waals surface area contributed by atoms with Gasteiger partial charge in [-0.3, -0.25) is 0 Å². The smallest absolute Gasteiger partial charge is 0.177 e. The predicted octanol–water partition coefficient (Wildman–Crippen LogP) is 3.55. The number of hydrogen-bond donors (Lipinski definition) is 1. The van der Waals surface area contributed by atoms with Crippen molar-refractivity contribution in [3.63, 3.8) is 0 Å². The van der Waals surface area contributed by atoms with Gasteiger partial charge in [-0.2, -0.15) is 18.4 Å². The Bertz CT molecular complexity index is 751. The van der Waals surface area contributed by atoms with Gasteiger partial charge in [0.15, 0.2) is 0 Å². The molecule has 0 saturated heterocycles. The Morgan fingerprint density at radius 3 is 2.05 bits per heavy atom. The van der Waals surface area contributed by atoms with Crippen LogP contribution >= 0.6 is 0 Å². The molecule has 1 aromatic heterocycles. The van der Waals surface area contributed by atoms with Crippen LogP contribution in [0, 0.1) is 0 Å². The van der Waals surface area contributed by atoms with Gasteiger partial charge in [-0.15, -0.1) is 10.2 Å². The third-order valence-electron chi connectivity index (χ3n) is 3.04. The van der Waals surface area contributed by atoms with Crippen molar-refractivity contribution < 1.29 is 13.2 Å². The lowest BCUT2D eigenvalue weighted by molar-refractivity contribution is -0.137. The van der Waals surface area contributed by atoms with Crippen LogP contribution in [0.1, 0.15) is 5.56 Å². The van der Waals surface area contributed by atoms with Crippen LogP contribution in [0.5, 0.6) is 0 Å². The van der Waals surface area contributed by atoms with Crippen LogP contribution in [0.3, 0.4) is 0 Å². The molecule has 0 unspecified atom stereocenters. The van der Waals surface area contributed by atoms with E-state index < -0.39 is 11.7 Å². The van der Waals surface area contributed by atoms with E-state index in [1.165, 1.54) is 12.1 Å². The van der Waals surface area contributed by atoms with E-state index in [2.05, 4.69) is 20.6 Å². The molecule has 106 valence electrons. The summed E-state index contributed by atoms with van der Waals surface area (Å²) in [5.41, 5.74) is 0.293. The highest BCUT2D eigenvalue weighted by Crippen LogP contribution is 2.39. The molecule has 1 heterocycles. The van der Waals surface area contributed by atoms with Crippen molar-refractivity contribution in [1.82, 2.24) is 20.6 Å². The third-order valence-corrected chi connectivity index (χ3v) is 3.04. The second-order valence-electron chi connectivity index (χ2n) is 4.32. The zero-order chi connectivity index (χ0) is 14.9. The number of nitrogens with zero attached hydrogens (tertiary/aromatic N) is 3. The first kappa shape index (κ1) is 13.3. The van der Waals surface area contributed by atoms with Crippen LogP contribution in [0.15, 0.2) is 48.5 Å². The van der Waals surface area contributed by atoms with Gasteiger partial charge in [-0.25, -0.2) is 0 Å². The predicted molar refractivity (Wildman–Crippen MR) is 70.1 cm³/mol. The number of aromatic nitrogens is 4. The summed E-state index contributed by atoms with van der Waals surface area (Å²) in [5.74, 6) is 0.252. The Morgan fingerprint density at radius 2 is 1.43 bits per heavy atom. The lowest BCUT2D eigenvalue weighted by Gasteiger charge is -2.14. The van der Waals surface area contributed by atoms with Gasteiger partial charge in [0.1, 0.15) is 0 Å². The zero-order valence-electron chi connectivity index (χ0n) is 10.6. The number of aromatic amines is 1. The number of halogens is 3. The van der Waals surface area contributed by atoms with Gasteiger partial charge in [-0.05, 0) is 22.4 Å². The fourth-order valence-electron chi connectivity index (χ4n) is 2.15. The lowest BCUT2D eigenvalue weighted by Crippen LogP contribution is -2.07. The molecule has 1 N–H and O–H groups in total. The van der Waals surface area contributed by atoms with E-state index in [1.807, 2.05) is 0 Å². The average molecular weight is 290 g/mol. The molecule has 21 heavy (non-hydrogen) atoms. The van der Waals surface area contributed by atoms with Gasteiger partial charge in [0, 0.05) is 5.56 Å². The normalized spacial score (nSPS) is 11.6. The van der Waals surface area contributed by atoms with Gasteiger partial charge in [-0.1, -0.05) is 42.5 Å². The summed E-state index contributed by atoms with van der Waals surface area (Å²) in [6.45, 7) is 0. The fourth-order valence-corrected chi connectivity index (χ4v) is 2.15. The van der Waals surface area contributed by atoms with E-state index in [9.17, 15) is 13.2 Å². The topological polar surface area (TPSA) is 54.5 Å². The van der Waals surface area contributed by atoms with Crippen molar-refractivity contribution in [2.75, 3.05) is 0 Å². The molecule has 0 radical (unpaired) electrons. The summed E-state index contributed by atoms with van der Waals surface area (Å²) >= 11 is 0. The van der Waals surface area contributed by atoms with Crippen LogP contribution in [0.2, 0.25) is 0 Å². The minimum atomic E-state index is -4.43. The van der Waals surface area contributed by atoms with Crippen LogP contribution in [0.4, 0.5) is 13.2 Å². The molecular formula is C14H9F3N4. The largest absolute Gasteiger partial charge is 0.417 e. The second-order valence-corrected chi connectivity index (χ2v) is 4.32. The molecule has 0 aliphatic heterocycles. The standard InChI is InChI=1S/C14H9F3N4/c15-14(16,17)12-8-4-3-6-10(12)9-5-1-2-7-11(9)13-18-20-21-19-13/h1-8H,(H,18,19,20,21). The van der Waals surface area contributed by atoms with Gasteiger partial charge < -0.3 is 0 Å². The molecule has 3 aromatic rings. The van der Waals surface area contributed by atoms with E-state index >= 15 is 0 Å². The SMILES string of the molecule is FC(F)(F)c1ccccc1-c1ccccc1-c1nn[nH]n1. The van der Waals surface area contributed by atoms with E-state index in [-0.39, 0.29) is 11.4 Å². The minimum absolute atomic E-state index is 0.0883. The number of alkyl halides is 3. The molecule has 0 saturated carbocycles. The monoisotopic (exact) mass is 290 g/mol. The Hall–Kier alpha value is -2.70. The quantitative estimate of drug-likeness (QED) is 0.785. The summed E-state index contributed by atoms with van der Waals surface area (Å²) in [6, 6.07) is 12.1. The Morgan fingerprint density at radius 1 is 0.810 bits per heavy atom. The number of nitrogens with one attached hydrogen (secondary N) is 1. The average Bonchev–Trinajstić information content (AvgIpc) is 3.00. The summed E-state index contributed by atoms with van der Waals surface area (Å²) in [7, 11) is 0. The zero-order valence-corrected chi connectivity index (χ0v) is 10.6. The fraction of sp³-hybridized carbons (Fsp3) is 0.0714. The van der Waals surface area contributed by atoms with Gasteiger partial charge in [0.2, 0.25) is 5.82 Å². The van der Waals surface area contributed by atoms with E-state index in [1.54, 1.807) is 30.3 Å². The highest BCUT2D eigenvalue weighted by atomic mass is 19.4. The molecule has 3 rings (SSSR count). The maximum atomic E-state index is 13.2. The maximum absolute atomic E-state index is 13.2. The van der Waals surface area contributed by atoms with Gasteiger partial charge >= 0.3 is 6.18 Å². The highest BCUT2D eigenvalue weighted by Gasteiger charge is 2.33. The molecule has 7 heteroatoms. The third kappa shape index (κ3) is 2.49. The number of rotatable bonds is 2. The first-order valence-corrected chi connectivity index (χ1v) is 6.07. The molecule has 0 atom stereocenters. The second kappa shape index (κ2) is 5.01. The molecule has 2 aromatic carbocycles. The Kier molecular flexibility index (Phi) is 3.17. The van der Waals surface area contributed by atoms with Crippen molar-refractivity contribution in [2.45, 2.75) is 6.18 Å². The van der Waals surface area contributed by atoms with Crippen molar-refractivity contribution in [3.05, 3.63) is 54.1 Å². The van der Waals surface area contributed by atoms with Crippen molar-refractivity contribution in [1.29, 1.82) is 0 Å². The lowest BCUT2D eigenvalue weighted by atomic mass is 9.95. The minimum Gasteiger partial charge on any atom is -0.177 e. The van der Waals surface area contributed by atoms with Crippen molar-refractivity contribution in [3.8, 4) is 22.5 Å². The molecule has 4 nitrogen and oxygen atoms in total. The van der Waals surface area contributed by atoms with Crippen molar-refractivity contribution >= 4 is 0 Å². The maximum Gasteiger partial charge on any atom is 0.417 e. The first-order valence-electron chi connectivity index (χ1n) is 6.07. The van der Waals surface area contributed by atoms with Gasteiger partial charge in [0.25, 0.3) is 0 Å². The van der Waals surface area contributed by atoms with Gasteiger partial charge in [0.05, 0.1) is 5.56 Å². The summed E-state index contributed by atoms with van der Waals surface area (Å²) in [4.78, 5) is 0. The summed E-state index contributed by atoms with van der Waals surface area (Å²) in [5, 5.41) is 13.4. The number of H-pyrrole nitrogens is 1. The number of benzene rings is 2. The molecule has 0 spiro atoms. The Balaban J connectivity index is 2.24. The number of tetrazole rings is 1. The first-order chi connectivity index (χ1) is 10.1. The van der Waals surface area contributed by atoms with Crippen LogP contribution in [-0.2, 0) is 6.18 Å². The number of hydrogen-bond acceptors (Lipinski definition) is 3. The molecular weight excluding hydrogens is 281 g/mol. The van der Waals surface area contributed by atoms with Crippen molar-refractivity contribution in [2.24, 2.45) is 0 Å².